The highest BCUT2D eigenvalue weighted by atomic mass is 32.2. The van der Waals surface area contributed by atoms with Crippen molar-refractivity contribution in [2.24, 2.45) is 0 Å². The largest absolute Gasteiger partial charge is 0.286 e. The van der Waals surface area contributed by atoms with Gasteiger partial charge in [0, 0.05) is 0 Å². The van der Waals surface area contributed by atoms with Crippen LogP contribution >= 0.6 is 12.6 Å². The molecule has 122 valence electrons. The first-order valence-electron chi connectivity index (χ1n) is 8.12. The molecule has 0 amide bonds. The van der Waals surface area contributed by atoms with Crippen molar-refractivity contribution in [3.63, 3.8) is 0 Å². The number of unbranched alkanes of at least 4 members (excludes halogenated alkanes) is 12. The van der Waals surface area contributed by atoms with Crippen LogP contribution in [0.3, 0.4) is 0 Å². The van der Waals surface area contributed by atoms with Crippen LogP contribution in [0, 0.1) is 0 Å². The van der Waals surface area contributed by atoms with Crippen LogP contribution in [0.5, 0.6) is 0 Å². The van der Waals surface area contributed by atoms with Gasteiger partial charge in [0.25, 0.3) is 10.1 Å². The standard InChI is InChI=1S/C15H32O3S2/c16-20(17,18)15-13-11-9-7-5-3-1-2-4-6-8-10-12-14-19/h19H,1-15H2,(H,16,17,18). The molecule has 0 atom stereocenters. The van der Waals surface area contributed by atoms with Crippen LogP contribution < -0.4 is 0 Å². The average molecular weight is 325 g/mol. The van der Waals surface area contributed by atoms with Gasteiger partial charge in [-0.15, -0.1) is 0 Å². The maximum absolute atomic E-state index is 10.5. The van der Waals surface area contributed by atoms with Crippen LogP contribution in [0.25, 0.3) is 0 Å². The van der Waals surface area contributed by atoms with Crippen LogP contribution in [0.2, 0.25) is 0 Å². The minimum absolute atomic E-state index is 0.0831. The van der Waals surface area contributed by atoms with Crippen LogP contribution in [-0.4, -0.2) is 24.5 Å². The quantitative estimate of drug-likeness (QED) is 0.256. The van der Waals surface area contributed by atoms with Crippen molar-refractivity contribution >= 4 is 22.7 Å². The molecule has 0 unspecified atom stereocenters. The van der Waals surface area contributed by atoms with Gasteiger partial charge in [-0.05, 0) is 18.6 Å². The van der Waals surface area contributed by atoms with E-state index < -0.39 is 10.1 Å². The van der Waals surface area contributed by atoms with E-state index in [2.05, 4.69) is 12.6 Å². The Morgan fingerprint density at radius 3 is 1.20 bits per heavy atom. The van der Waals surface area contributed by atoms with Gasteiger partial charge in [-0.1, -0.05) is 70.6 Å². The van der Waals surface area contributed by atoms with Gasteiger partial charge in [0.05, 0.1) is 5.75 Å². The third-order valence-electron chi connectivity index (χ3n) is 3.56. The summed E-state index contributed by atoms with van der Waals surface area (Å²) in [6.07, 6.45) is 15.7. The lowest BCUT2D eigenvalue weighted by atomic mass is 10.0. The second kappa shape index (κ2) is 14.2. The molecule has 0 heterocycles. The van der Waals surface area contributed by atoms with Crippen LogP contribution in [0.4, 0.5) is 0 Å². The molecule has 0 aliphatic carbocycles. The lowest BCUT2D eigenvalue weighted by Crippen LogP contribution is -2.03. The number of thiol groups is 1. The summed E-state index contributed by atoms with van der Waals surface area (Å²) in [4.78, 5) is 0. The Morgan fingerprint density at radius 2 is 0.900 bits per heavy atom. The van der Waals surface area contributed by atoms with Crippen molar-refractivity contribution in [1.82, 2.24) is 0 Å². The van der Waals surface area contributed by atoms with E-state index in [0.29, 0.717) is 6.42 Å². The van der Waals surface area contributed by atoms with Crippen LogP contribution in [0.1, 0.15) is 83.5 Å². The molecule has 0 aromatic rings. The summed E-state index contributed by atoms with van der Waals surface area (Å²) in [5.74, 6) is 0.935. The molecule has 0 rings (SSSR count). The monoisotopic (exact) mass is 324 g/mol. The van der Waals surface area contributed by atoms with E-state index in [-0.39, 0.29) is 5.75 Å². The normalized spacial score (nSPS) is 11.9. The first kappa shape index (κ1) is 20.3. The number of rotatable bonds is 15. The fraction of sp³-hybridized carbons (Fsp3) is 1.00. The molecule has 0 aliphatic rings. The van der Waals surface area contributed by atoms with Gasteiger partial charge in [-0.25, -0.2) is 0 Å². The fourth-order valence-corrected chi connectivity index (χ4v) is 3.13. The van der Waals surface area contributed by atoms with Crippen LogP contribution in [-0.2, 0) is 10.1 Å². The van der Waals surface area contributed by atoms with Gasteiger partial charge >= 0.3 is 0 Å². The minimum Gasteiger partial charge on any atom is -0.286 e. The van der Waals surface area contributed by atoms with Crippen molar-refractivity contribution in [2.75, 3.05) is 11.5 Å². The lowest BCUT2D eigenvalue weighted by Gasteiger charge is -2.03. The summed E-state index contributed by atoms with van der Waals surface area (Å²) >= 11 is 4.20. The molecule has 0 fully saturated rings. The molecule has 0 aromatic heterocycles. The van der Waals surface area contributed by atoms with E-state index in [1.807, 2.05) is 0 Å². The molecule has 20 heavy (non-hydrogen) atoms. The first-order valence-corrected chi connectivity index (χ1v) is 10.4. The summed E-state index contributed by atoms with van der Waals surface area (Å²) < 4.78 is 29.6. The SMILES string of the molecule is O=S(=O)(O)CCCCCCCCCCCCCCCS. The topological polar surface area (TPSA) is 54.4 Å². The van der Waals surface area contributed by atoms with Crippen LogP contribution in [0.15, 0.2) is 0 Å². The van der Waals surface area contributed by atoms with E-state index >= 15 is 0 Å². The van der Waals surface area contributed by atoms with Gasteiger partial charge in [0.15, 0.2) is 0 Å². The highest BCUT2D eigenvalue weighted by Gasteiger charge is 2.02. The number of hydrogen-bond donors (Lipinski definition) is 2. The van der Waals surface area contributed by atoms with Gasteiger partial charge in [0.2, 0.25) is 0 Å². The Morgan fingerprint density at radius 1 is 0.600 bits per heavy atom. The molecule has 0 spiro atoms. The smallest absolute Gasteiger partial charge is 0.264 e. The molecule has 0 saturated heterocycles. The summed E-state index contributed by atoms with van der Waals surface area (Å²) in [6, 6.07) is 0. The zero-order valence-electron chi connectivity index (χ0n) is 12.7. The third kappa shape index (κ3) is 18.3. The Balaban J connectivity index is 3.03. The van der Waals surface area contributed by atoms with Crippen molar-refractivity contribution < 1.29 is 13.0 Å². The van der Waals surface area contributed by atoms with Crippen molar-refractivity contribution in [1.29, 1.82) is 0 Å². The molecule has 0 aliphatic heterocycles. The second-order valence-corrected chi connectivity index (χ2v) is 7.63. The van der Waals surface area contributed by atoms with Crippen molar-refractivity contribution in [3.05, 3.63) is 0 Å². The van der Waals surface area contributed by atoms with Gasteiger partial charge in [0.1, 0.15) is 0 Å². The van der Waals surface area contributed by atoms with E-state index in [1.165, 1.54) is 64.2 Å². The number of hydrogen-bond acceptors (Lipinski definition) is 3. The molecule has 0 aromatic carbocycles. The van der Waals surface area contributed by atoms with E-state index in [4.69, 9.17) is 4.55 Å². The summed E-state index contributed by atoms with van der Waals surface area (Å²) in [5.41, 5.74) is 0. The van der Waals surface area contributed by atoms with Crippen molar-refractivity contribution in [3.8, 4) is 0 Å². The van der Waals surface area contributed by atoms with Crippen molar-refractivity contribution in [2.45, 2.75) is 83.5 Å². The zero-order valence-corrected chi connectivity index (χ0v) is 14.4. The van der Waals surface area contributed by atoms with Gasteiger partial charge in [-0.3, -0.25) is 4.55 Å². The predicted octanol–water partition coefficient (Wildman–Crippen LogP) is 4.88. The molecule has 1 N–H and O–H groups in total. The van der Waals surface area contributed by atoms with E-state index in [0.717, 1.165) is 18.6 Å². The molecular formula is C15H32O3S2. The molecule has 3 nitrogen and oxygen atoms in total. The summed E-state index contributed by atoms with van der Waals surface area (Å²) in [5, 5.41) is 0. The molecular weight excluding hydrogens is 292 g/mol. The molecule has 0 bridgehead atoms. The Labute approximate surface area is 131 Å². The highest BCUT2D eigenvalue weighted by molar-refractivity contribution is 7.85. The fourth-order valence-electron chi connectivity index (χ4n) is 2.34. The third-order valence-corrected chi connectivity index (χ3v) is 4.68. The van der Waals surface area contributed by atoms with E-state index in [9.17, 15) is 8.42 Å². The first-order chi connectivity index (χ1) is 9.56. The molecule has 0 saturated carbocycles. The predicted molar refractivity (Wildman–Crippen MR) is 90.3 cm³/mol. The Kier molecular flexibility index (Phi) is 14.4. The Hall–Kier alpha value is 0.260. The average Bonchev–Trinajstić information content (AvgIpc) is 2.38. The highest BCUT2D eigenvalue weighted by Crippen LogP contribution is 2.12. The maximum Gasteiger partial charge on any atom is 0.264 e. The van der Waals surface area contributed by atoms with Gasteiger partial charge in [-0.2, -0.15) is 21.0 Å². The molecule has 5 heteroatoms. The summed E-state index contributed by atoms with van der Waals surface area (Å²) in [7, 11) is -3.74. The summed E-state index contributed by atoms with van der Waals surface area (Å²) in [6.45, 7) is 0. The zero-order chi connectivity index (χ0) is 15.1. The maximum atomic E-state index is 10.5. The lowest BCUT2D eigenvalue weighted by molar-refractivity contribution is 0.478. The second-order valence-electron chi connectivity index (χ2n) is 5.61. The minimum atomic E-state index is -3.74. The molecule has 0 radical (unpaired) electrons. The Bertz CT molecular complexity index is 289. The van der Waals surface area contributed by atoms with E-state index in [1.54, 1.807) is 0 Å². The van der Waals surface area contributed by atoms with Gasteiger partial charge < -0.3 is 0 Å².